The molecule has 0 spiro atoms. The predicted molar refractivity (Wildman–Crippen MR) is 77.9 cm³/mol. The van der Waals surface area contributed by atoms with Crippen molar-refractivity contribution in [1.82, 2.24) is 4.90 Å². The molecule has 0 saturated carbocycles. The van der Waals surface area contributed by atoms with E-state index in [0.29, 0.717) is 12.2 Å². The van der Waals surface area contributed by atoms with Crippen molar-refractivity contribution < 1.29 is 9.72 Å². The molecule has 0 atom stereocenters. The number of nitro groups is 1. The number of nitrogens with two attached hydrogens (primary N) is 1. The van der Waals surface area contributed by atoms with Crippen LogP contribution in [0.25, 0.3) is 0 Å². The van der Waals surface area contributed by atoms with Gasteiger partial charge in [0, 0.05) is 37.8 Å². The van der Waals surface area contributed by atoms with Gasteiger partial charge >= 0.3 is 0 Å². The molecule has 0 radical (unpaired) electrons. The fourth-order valence-corrected chi connectivity index (χ4v) is 1.60. The van der Waals surface area contributed by atoms with E-state index in [-0.39, 0.29) is 17.2 Å². The summed E-state index contributed by atoms with van der Waals surface area (Å²) in [7, 11) is 3.19. The third kappa shape index (κ3) is 3.67. The number of benzene rings is 1. The van der Waals surface area contributed by atoms with E-state index in [0.717, 1.165) is 0 Å². The minimum absolute atomic E-state index is 0.140. The molecule has 0 saturated heterocycles. The van der Waals surface area contributed by atoms with Crippen LogP contribution in [0.3, 0.4) is 0 Å². The lowest BCUT2D eigenvalue weighted by atomic mass is 10.0. The van der Waals surface area contributed by atoms with Crippen molar-refractivity contribution in [3.05, 3.63) is 33.9 Å². The lowest BCUT2D eigenvalue weighted by Crippen LogP contribution is -2.39. The van der Waals surface area contributed by atoms with E-state index >= 15 is 0 Å². The first kappa shape index (κ1) is 15.9. The van der Waals surface area contributed by atoms with Crippen molar-refractivity contribution in [2.24, 2.45) is 5.73 Å². The molecular formula is C13H20N4O3. The molecule has 3 N–H and O–H groups in total. The fraction of sp³-hybridized carbons (Fsp3) is 0.462. The second-order valence-electron chi connectivity index (χ2n) is 5.40. The fourth-order valence-electron chi connectivity index (χ4n) is 1.60. The zero-order chi connectivity index (χ0) is 15.5. The Hall–Kier alpha value is -2.15. The van der Waals surface area contributed by atoms with Crippen LogP contribution in [-0.4, -0.2) is 41.9 Å². The van der Waals surface area contributed by atoms with Gasteiger partial charge in [-0.15, -0.1) is 0 Å². The summed E-state index contributed by atoms with van der Waals surface area (Å²) in [4.78, 5) is 23.8. The largest absolute Gasteiger partial charge is 0.373 e. The van der Waals surface area contributed by atoms with E-state index in [1.54, 1.807) is 20.2 Å². The number of nitrogens with one attached hydrogen (secondary N) is 1. The van der Waals surface area contributed by atoms with Gasteiger partial charge in [0.2, 0.25) is 0 Å². The SMILES string of the molecule is CN(C)C(=O)c1ccc(NC(C)(C)CN)c([N+](=O)[O-])c1. The number of amides is 1. The van der Waals surface area contributed by atoms with Crippen LogP contribution >= 0.6 is 0 Å². The van der Waals surface area contributed by atoms with Gasteiger partial charge in [0.25, 0.3) is 11.6 Å². The van der Waals surface area contributed by atoms with Crippen molar-refractivity contribution in [1.29, 1.82) is 0 Å². The normalized spacial score (nSPS) is 11.1. The zero-order valence-electron chi connectivity index (χ0n) is 12.1. The Balaban J connectivity index is 3.22. The summed E-state index contributed by atoms with van der Waals surface area (Å²) < 4.78 is 0. The average molecular weight is 280 g/mol. The molecule has 0 fully saturated rings. The smallest absolute Gasteiger partial charge is 0.293 e. The van der Waals surface area contributed by atoms with E-state index in [2.05, 4.69) is 5.32 Å². The quantitative estimate of drug-likeness (QED) is 0.627. The van der Waals surface area contributed by atoms with E-state index in [1.807, 2.05) is 13.8 Å². The Labute approximate surface area is 117 Å². The number of carbonyl (C=O) groups is 1. The molecule has 7 nitrogen and oxygen atoms in total. The van der Waals surface area contributed by atoms with E-state index < -0.39 is 10.5 Å². The van der Waals surface area contributed by atoms with Gasteiger partial charge in [-0.3, -0.25) is 14.9 Å². The summed E-state index contributed by atoms with van der Waals surface area (Å²) in [5.41, 5.74) is 5.61. The Morgan fingerprint density at radius 3 is 2.50 bits per heavy atom. The van der Waals surface area contributed by atoms with Gasteiger partial charge in [0.1, 0.15) is 5.69 Å². The number of hydrogen-bond acceptors (Lipinski definition) is 5. The van der Waals surface area contributed by atoms with Crippen LogP contribution in [0.2, 0.25) is 0 Å². The standard InChI is InChI=1S/C13H20N4O3/c1-13(2,8-14)15-10-6-5-9(12(18)16(3)4)7-11(10)17(19)20/h5-7,15H,8,14H2,1-4H3. The topological polar surface area (TPSA) is 102 Å². The molecule has 7 heteroatoms. The molecule has 1 aromatic carbocycles. The molecule has 0 heterocycles. The molecular weight excluding hydrogens is 260 g/mol. The number of carbonyl (C=O) groups excluding carboxylic acids is 1. The van der Waals surface area contributed by atoms with Gasteiger partial charge < -0.3 is 16.0 Å². The highest BCUT2D eigenvalue weighted by Gasteiger charge is 2.23. The average Bonchev–Trinajstić information content (AvgIpc) is 2.37. The Bertz CT molecular complexity index is 526. The second-order valence-corrected chi connectivity index (χ2v) is 5.40. The van der Waals surface area contributed by atoms with Gasteiger partial charge in [-0.05, 0) is 26.0 Å². The number of hydrogen-bond donors (Lipinski definition) is 2. The minimum Gasteiger partial charge on any atom is -0.373 e. The number of nitrogens with zero attached hydrogens (tertiary/aromatic N) is 2. The Morgan fingerprint density at radius 1 is 1.45 bits per heavy atom. The lowest BCUT2D eigenvalue weighted by Gasteiger charge is -2.25. The number of anilines is 1. The summed E-state index contributed by atoms with van der Waals surface area (Å²) in [6.45, 7) is 4.01. The van der Waals surface area contributed by atoms with Gasteiger partial charge in [-0.1, -0.05) is 0 Å². The van der Waals surface area contributed by atoms with Crippen LogP contribution in [0.5, 0.6) is 0 Å². The van der Waals surface area contributed by atoms with Crippen LogP contribution in [0.1, 0.15) is 24.2 Å². The van der Waals surface area contributed by atoms with Crippen molar-refractivity contribution >= 4 is 17.3 Å². The molecule has 20 heavy (non-hydrogen) atoms. The molecule has 1 rings (SSSR count). The van der Waals surface area contributed by atoms with Crippen LogP contribution in [-0.2, 0) is 0 Å². The van der Waals surface area contributed by atoms with E-state index in [1.165, 1.54) is 17.0 Å². The molecule has 0 aromatic heterocycles. The van der Waals surface area contributed by atoms with Crippen LogP contribution < -0.4 is 11.1 Å². The second kappa shape index (κ2) is 5.87. The van der Waals surface area contributed by atoms with E-state index in [4.69, 9.17) is 5.73 Å². The molecule has 1 aromatic rings. The predicted octanol–water partition coefficient (Wildman–Crippen LogP) is 1.45. The van der Waals surface area contributed by atoms with Gasteiger partial charge in [-0.25, -0.2) is 0 Å². The third-order valence-electron chi connectivity index (χ3n) is 2.83. The van der Waals surface area contributed by atoms with Crippen LogP contribution in [0.15, 0.2) is 18.2 Å². The van der Waals surface area contributed by atoms with Gasteiger partial charge in [-0.2, -0.15) is 0 Å². The lowest BCUT2D eigenvalue weighted by molar-refractivity contribution is -0.384. The summed E-state index contributed by atoms with van der Waals surface area (Å²) in [6.07, 6.45) is 0. The molecule has 0 aliphatic carbocycles. The summed E-state index contributed by atoms with van der Waals surface area (Å²) in [5, 5.41) is 14.2. The van der Waals surface area contributed by atoms with Crippen molar-refractivity contribution in [3.8, 4) is 0 Å². The monoisotopic (exact) mass is 280 g/mol. The Kier molecular flexibility index (Phi) is 4.67. The molecule has 110 valence electrons. The highest BCUT2D eigenvalue weighted by Crippen LogP contribution is 2.28. The number of nitro benzene ring substituents is 1. The third-order valence-corrected chi connectivity index (χ3v) is 2.83. The highest BCUT2D eigenvalue weighted by molar-refractivity contribution is 5.95. The molecule has 0 aliphatic heterocycles. The Morgan fingerprint density at radius 2 is 2.05 bits per heavy atom. The summed E-state index contributed by atoms with van der Waals surface area (Å²) in [5.74, 6) is -0.280. The maximum atomic E-state index is 11.8. The maximum absolute atomic E-state index is 11.8. The maximum Gasteiger partial charge on any atom is 0.293 e. The van der Waals surface area contributed by atoms with Crippen molar-refractivity contribution in [2.45, 2.75) is 19.4 Å². The van der Waals surface area contributed by atoms with Crippen LogP contribution in [0.4, 0.5) is 11.4 Å². The minimum atomic E-state index is -0.513. The summed E-state index contributed by atoms with van der Waals surface area (Å²) >= 11 is 0. The van der Waals surface area contributed by atoms with Crippen molar-refractivity contribution in [3.63, 3.8) is 0 Å². The van der Waals surface area contributed by atoms with E-state index in [9.17, 15) is 14.9 Å². The first-order valence-corrected chi connectivity index (χ1v) is 6.16. The molecule has 1 amide bonds. The number of rotatable bonds is 5. The molecule has 0 bridgehead atoms. The van der Waals surface area contributed by atoms with Crippen molar-refractivity contribution in [2.75, 3.05) is 26.0 Å². The summed E-state index contributed by atoms with van der Waals surface area (Å²) in [6, 6.07) is 4.37. The highest BCUT2D eigenvalue weighted by atomic mass is 16.6. The first-order valence-electron chi connectivity index (χ1n) is 6.16. The molecule has 0 aliphatic rings. The van der Waals surface area contributed by atoms with Crippen LogP contribution in [0, 0.1) is 10.1 Å². The molecule has 0 unspecified atom stereocenters. The first-order chi connectivity index (χ1) is 9.18. The van der Waals surface area contributed by atoms with Gasteiger partial charge in [0.05, 0.1) is 4.92 Å². The van der Waals surface area contributed by atoms with Gasteiger partial charge in [0.15, 0.2) is 0 Å². The zero-order valence-corrected chi connectivity index (χ0v) is 12.1.